The molecule has 0 aliphatic heterocycles. The van der Waals surface area contributed by atoms with Crippen molar-refractivity contribution in [3.05, 3.63) is 35.4 Å². The van der Waals surface area contributed by atoms with Gasteiger partial charge in [-0.05, 0) is 18.9 Å². The molecule has 1 atom stereocenters. The summed E-state index contributed by atoms with van der Waals surface area (Å²) in [5, 5.41) is 0. The Morgan fingerprint density at radius 3 is 2.79 bits per heavy atom. The van der Waals surface area contributed by atoms with Crippen molar-refractivity contribution in [2.45, 2.75) is 39.0 Å². The van der Waals surface area contributed by atoms with Crippen LogP contribution in [-0.4, -0.2) is 0 Å². The zero-order valence-electron chi connectivity index (χ0n) is 9.09. The first-order chi connectivity index (χ1) is 6.77. The molecule has 1 unspecified atom stereocenters. The fourth-order valence-electron chi connectivity index (χ4n) is 1.64. The topological polar surface area (TPSA) is 0 Å². The van der Waals surface area contributed by atoms with Gasteiger partial charge in [0, 0.05) is 5.92 Å². The average molecular weight is 186 g/mol. The Hall–Kier alpha value is -1.22. The van der Waals surface area contributed by atoms with Crippen molar-refractivity contribution in [3.63, 3.8) is 0 Å². The highest BCUT2D eigenvalue weighted by molar-refractivity contribution is 5.30. The third-order valence-corrected chi connectivity index (χ3v) is 2.49. The summed E-state index contributed by atoms with van der Waals surface area (Å²) in [6, 6.07) is 8.52. The smallest absolute Gasteiger partial charge is 0.0449 e. The van der Waals surface area contributed by atoms with Crippen molar-refractivity contribution in [3.8, 4) is 12.3 Å². The summed E-state index contributed by atoms with van der Waals surface area (Å²) < 4.78 is 0. The van der Waals surface area contributed by atoms with E-state index in [0.717, 1.165) is 6.42 Å². The third kappa shape index (κ3) is 2.92. The predicted octanol–water partition coefficient (Wildman–Crippen LogP) is 3.90. The zero-order chi connectivity index (χ0) is 10.4. The lowest BCUT2D eigenvalue weighted by Gasteiger charge is -2.10. The maximum absolute atomic E-state index is 5.55. The summed E-state index contributed by atoms with van der Waals surface area (Å²) in [6.07, 6.45) is 9.08. The first-order valence-electron chi connectivity index (χ1n) is 5.30. The van der Waals surface area contributed by atoms with Crippen molar-refractivity contribution < 1.29 is 0 Å². The van der Waals surface area contributed by atoms with Crippen LogP contribution in [0, 0.1) is 19.3 Å². The molecule has 74 valence electrons. The van der Waals surface area contributed by atoms with Crippen LogP contribution >= 0.6 is 0 Å². The lowest BCUT2D eigenvalue weighted by atomic mass is 9.93. The van der Waals surface area contributed by atoms with E-state index < -0.39 is 0 Å². The molecule has 14 heavy (non-hydrogen) atoms. The summed E-state index contributed by atoms with van der Waals surface area (Å²) in [5.74, 6) is 3.18. The zero-order valence-corrected chi connectivity index (χ0v) is 9.09. The van der Waals surface area contributed by atoms with Crippen LogP contribution in [0.15, 0.2) is 24.3 Å². The van der Waals surface area contributed by atoms with Gasteiger partial charge in [0.05, 0.1) is 0 Å². The number of benzene rings is 1. The summed E-state index contributed by atoms with van der Waals surface area (Å²) >= 11 is 0. The molecular weight excluding hydrogens is 168 g/mol. The largest absolute Gasteiger partial charge is 0.119 e. The average Bonchev–Trinajstić information content (AvgIpc) is 2.19. The fourth-order valence-corrected chi connectivity index (χ4v) is 1.64. The number of hydrogen-bond donors (Lipinski definition) is 0. The van der Waals surface area contributed by atoms with Crippen molar-refractivity contribution in [2.75, 3.05) is 0 Å². The summed E-state index contributed by atoms with van der Waals surface area (Å²) in [5.41, 5.74) is 2.58. The third-order valence-electron chi connectivity index (χ3n) is 2.49. The van der Waals surface area contributed by atoms with Crippen LogP contribution in [0.3, 0.4) is 0 Å². The molecule has 0 aliphatic carbocycles. The number of hydrogen-bond acceptors (Lipinski definition) is 0. The minimum absolute atomic E-state index is 0.301. The van der Waals surface area contributed by atoms with E-state index in [1.165, 1.54) is 24.0 Å². The van der Waals surface area contributed by atoms with Gasteiger partial charge in [-0.3, -0.25) is 0 Å². The Bertz CT molecular complexity index is 317. The quantitative estimate of drug-likeness (QED) is 0.625. The van der Waals surface area contributed by atoms with Crippen LogP contribution in [0.2, 0.25) is 0 Å². The molecular formula is C14H18. The van der Waals surface area contributed by atoms with Gasteiger partial charge in [-0.2, -0.15) is 0 Å². The maximum atomic E-state index is 5.55. The monoisotopic (exact) mass is 186 g/mol. The normalized spacial score (nSPS) is 12.1. The van der Waals surface area contributed by atoms with Crippen LogP contribution in [0.25, 0.3) is 0 Å². The molecule has 0 heteroatoms. The van der Waals surface area contributed by atoms with Gasteiger partial charge >= 0.3 is 0 Å². The standard InChI is InChI=1S/C14H18/c1-4-6-9-13(5-2)14-10-7-8-12(3)11-14/h2,7-8,10-11,13H,4,6,9H2,1,3H3. The second kappa shape index (κ2) is 5.50. The van der Waals surface area contributed by atoms with E-state index in [1.54, 1.807) is 0 Å². The van der Waals surface area contributed by atoms with Gasteiger partial charge in [0.1, 0.15) is 0 Å². The van der Waals surface area contributed by atoms with Crippen molar-refractivity contribution in [1.29, 1.82) is 0 Å². The Balaban J connectivity index is 2.75. The predicted molar refractivity (Wildman–Crippen MR) is 62.3 cm³/mol. The summed E-state index contributed by atoms with van der Waals surface area (Å²) in [6.45, 7) is 4.31. The molecule has 0 N–H and O–H groups in total. The van der Waals surface area contributed by atoms with Crippen LogP contribution in [0.4, 0.5) is 0 Å². The molecule has 1 aromatic carbocycles. The van der Waals surface area contributed by atoms with Gasteiger partial charge in [-0.25, -0.2) is 0 Å². The first kappa shape index (κ1) is 10.9. The van der Waals surface area contributed by atoms with E-state index in [9.17, 15) is 0 Å². The maximum Gasteiger partial charge on any atom is 0.0449 e. The Labute approximate surface area is 87.4 Å². The van der Waals surface area contributed by atoms with Crippen LogP contribution < -0.4 is 0 Å². The van der Waals surface area contributed by atoms with E-state index in [1.807, 2.05) is 0 Å². The lowest BCUT2D eigenvalue weighted by molar-refractivity contribution is 0.676. The van der Waals surface area contributed by atoms with E-state index in [2.05, 4.69) is 44.0 Å². The van der Waals surface area contributed by atoms with Gasteiger partial charge in [-0.1, -0.05) is 55.5 Å². The van der Waals surface area contributed by atoms with Crippen molar-refractivity contribution in [2.24, 2.45) is 0 Å². The lowest BCUT2D eigenvalue weighted by Crippen LogP contribution is -1.95. The second-order valence-electron chi connectivity index (χ2n) is 3.78. The number of terminal acetylenes is 1. The van der Waals surface area contributed by atoms with E-state index in [-0.39, 0.29) is 0 Å². The number of aryl methyl sites for hydroxylation is 1. The van der Waals surface area contributed by atoms with E-state index >= 15 is 0 Å². The molecule has 0 aliphatic rings. The van der Waals surface area contributed by atoms with E-state index in [0.29, 0.717) is 5.92 Å². The summed E-state index contributed by atoms with van der Waals surface area (Å²) in [4.78, 5) is 0. The molecule has 1 aromatic rings. The van der Waals surface area contributed by atoms with Crippen LogP contribution in [0.1, 0.15) is 43.2 Å². The molecule has 0 nitrogen and oxygen atoms in total. The highest BCUT2D eigenvalue weighted by Gasteiger charge is 2.06. The molecule has 0 saturated carbocycles. The first-order valence-corrected chi connectivity index (χ1v) is 5.30. The van der Waals surface area contributed by atoms with Gasteiger partial charge in [-0.15, -0.1) is 6.42 Å². The van der Waals surface area contributed by atoms with E-state index in [4.69, 9.17) is 6.42 Å². The molecule has 0 heterocycles. The molecule has 0 fully saturated rings. The van der Waals surface area contributed by atoms with Gasteiger partial charge in [0.15, 0.2) is 0 Å². The molecule has 0 radical (unpaired) electrons. The fraction of sp³-hybridized carbons (Fsp3) is 0.429. The molecule has 0 spiro atoms. The second-order valence-corrected chi connectivity index (χ2v) is 3.78. The molecule has 0 bridgehead atoms. The SMILES string of the molecule is C#CC(CCCC)c1cccc(C)c1. The Morgan fingerprint density at radius 2 is 2.21 bits per heavy atom. The van der Waals surface area contributed by atoms with Crippen LogP contribution in [0.5, 0.6) is 0 Å². The van der Waals surface area contributed by atoms with Gasteiger partial charge < -0.3 is 0 Å². The number of rotatable bonds is 4. The summed E-state index contributed by atoms with van der Waals surface area (Å²) in [7, 11) is 0. The number of unbranched alkanes of at least 4 members (excludes halogenated alkanes) is 1. The minimum Gasteiger partial charge on any atom is -0.119 e. The Kier molecular flexibility index (Phi) is 4.26. The molecule has 0 saturated heterocycles. The van der Waals surface area contributed by atoms with Gasteiger partial charge in [0.25, 0.3) is 0 Å². The van der Waals surface area contributed by atoms with Crippen LogP contribution in [-0.2, 0) is 0 Å². The van der Waals surface area contributed by atoms with Crippen molar-refractivity contribution >= 4 is 0 Å². The van der Waals surface area contributed by atoms with Gasteiger partial charge in [0.2, 0.25) is 0 Å². The molecule has 0 aromatic heterocycles. The molecule has 1 rings (SSSR count). The molecule has 0 amide bonds. The highest BCUT2D eigenvalue weighted by Crippen LogP contribution is 2.21. The highest BCUT2D eigenvalue weighted by atomic mass is 14.1. The Morgan fingerprint density at radius 1 is 1.43 bits per heavy atom. The van der Waals surface area contributed by atoms with Crippen molar-refractivity contribution in [1.82, 2.24) is 0 Å². The minimum atomic E-state index is 0.301.